The topological polar surface area (TPSA) is 69.6 Å². The molecule has 0 bridgehead atoms. The first kappa shape index (κ1) is 22.9. The Kier molecular flexibility index (Phi) is 8.06. The van der Waals surface area contributed by atoms with E-state index in [4.69, 9.17) is 0 Å². The van der Waals surface area contributed by atoms with Crippen LogP contribution in [0, 0.1) is 5.41 Å². The van der Waals surface area contributed by atoms with E-state index in [1.807, 2.05) is 6.07 Å². The molecule has 1 saturated carbocycles. The second-order valence-electron chi connectivity index (χ2n) is 8.94. The van der Waals surface area contributed by atoms with Crippen LogP contribution in [0.15, 0.2) is 18.5 Å². The Hall–Kier alpha value is -1.73. The zero-order valence-electron chi connectivity index (χ0n) is 17.8. The van der Waals surface area contributed by atoms with Crippen LogP contribution in [0.2, 0.25) is 0 Å². The predicted octanol–water partition coefficient (Wildman–Crippen LogP) is 2.90. The molecule has 1 aromatic heterocycles. The lowest BCUT2D eigenvalue weighted by atomic mass is 9.67. The molecule has 8 heteroatoms. The average Bonchev–Trinajstić information content (AvgIpc) is 2.74. The van der Waals surface area contributed by atoms with Gasteiger partial charge in [0, 0.05) is 58.0 Å². The highest BCUT2D eigenvalue weighted by Crippen LogP contribution is 2.45. The number of aromatic nitrogens is 2. The van der Waals surface area contributed by atoms with Gasteiger partial charge >= 0.3 is 0 Å². The molecule has 2 amide bonds. The molecule has 3 fully saturated rings. The van der Waals surface area contributed by atoms with E-state index in [9.17, 15) is 9.59 Å². The standard InChI is InChI=1S/C22H33N5O2.ClH/c28-19-17-22(7-2-1-3-8-22)18-20(29)27(19)12-5-4-11-25-13-15-26(16-14-25)21-23-9-6-10-24-21;/h6,9-10H,1-5,7-8,11-18H2;1H. The Morgan fingerprint density at radius 3 is 2.07 bits per heavy atom. The third-order valence-electron chi connectivity index (χ3n) is 6.88. The number of nitrogens with zero attached hydrogens (tertiary/aromatic N) is 5. The molecule has 1 aliphatic carbocycles. The zero-order valence-corrected chi connectivity index (χ0v) is 18.6. The highest BCUT2D eigenvalue weighted by atomic mass is 35.5. The average molecular weight is 436 g/mol. The van der Waals surface area contributed by atoms with Crippen molar-refractivity contribution in [1.82, 2.24) is 19.8 Å². The minimum atomic E-state index is -0.00887. The van der Waals surface area contributed by atoms with Crippen LogP contribution in [-0.2, 0) is 9.59 Å². The van der Waals surface area contributed by atoms with Crippen molar-refractivity contribution in [2.75, 3.05) is 44.2 Å². The first-order valence-electron chi connectivity index (χ1n) is 11.2. The van der Waals surface area contributed by atoms with Crippen LogP contribution in [0.4, 0.5) is 5.95 Å². The summed E-state index contributed by atoms with van der Waals surface area (Å²) < 4.78 is 0. The van der Waals surface area contributed by atoms with Crippen LogP contribution in [0.1, 0.15) is 57.8 Å². The second-order valence-corrected chi connectivity index (χ2v) is 8.94. The van der Waals surface area contributed by atoms with Gasteiger partial charge in [-0.1, -0.05) is 19.3 Å². The van der Waals surface area contributed by atoms with Gasteiger partial charge in [0.2, 0.25) is 17.8 Å². The molecule has 3 aliphatic rings. The number of rotatable bonds is 6. The van der Waals surface area contributed by atoms with Crippen molar-refractivity contribution in [1.29, 1.82) is 0 Å². The van der Waals surface area contributed by atoms with Gasteiger partial charge in [-0.05, 0) is 43.7 Å². The SMILES string of the molecule is Cl.O=C1CC2(CCCCC2)CC(=O)N1CCCCN1CCN(c2ncccn2)CC1. The zero-order chi connectivity index (χ0) is 20.1. The van der Waals surface area contributed by atoms with Crippen molar-refractivity contribution in [2.24, 2.45) is 5.41 Å². The van der Waals surface area contributed by atoms with Crippen LogP contribution in [0.25, 0.3) is 0 Å². The van der Waals surface area contributed by atoms with Crippen LogP contribution < -0.4 is 4.90 Å². The van der Waals surface area contributed by atoms with Crippen molar-refractivity contribution in [3.8, 4) is 0 Å². The summed E-state index contributed by atoms with van der Waals surface area (Å²) in [6.07, 6.45) is 12.4. The normalized spacial score (nSPS) is 22.3. The number of piperidine rings is 1. The van der Waals surface area contributed by atoms with E-state index < -0.39 is 0 Å². The lowest BCUT2D eigenvalue weighted by Crippen LogP contribution is -2.49. The second kappa shape index (κ2) is 10.5. The van der Waals surface area contributed by atoms with Crippen LogP contribution in [0.5, 0.6) is 0 Å². The van der Waals surface area contributed by atoms with Gasteiger partial charge in [-0.3, -0.25) is 19.4 Å². The summed E-state index contributed by atoms with van der Waals surface area (Å²) in [6.45, 7) is 5.49. The number of piperazine rings is 1. The highest BCUT2D eigenvalue weighted by molar-refractivity contribution is 5.98. The van der Waals surface area contributed by atoms with Gasteiger partial charge in [0.25, 0.3) is 0 Å². The van der Waals surface area contributed by atoms with Crippen molar-refractivity contribution >= 4 is 30.2 Å². The summed E-state index contributed by atoms with van der Waals surface area (Å²) in [7, 11) is 0. The molecule has 1 spiro atoms. The molecule has 166 valence electrons. The molecule has 1 aromatic rings. The van der Waals surface area contributed by atoms with Gasteiger partial charge in [-0.2, -0.15) is 0 Å². The molecule has 4 rings (SSSR count). The monoisotopic (exact) mass is 435 g/mol. The van der Waals surface area contributed by atoms with E-state index in [0.717, 1.165) is 64.4 Å². The summed E-state index contributed by atoms with van der Waals surface area (Å²) in [4.78, 5) is 40.1. The van der Waals surface area contributed by atoms with Crippen LogP contribution >= 0.6 is 12.4 Å². The van der Waals surface area contributed by atoms with Crippen molar-refractivity contribution in [3.63, 3.8) is 0 Å². The quantitative estimate of drug-likeness (QED) is 0.505. The molecule has 0 N–H and O–H groups in total. The number of carbonyl (C=O) groups excluding carboxylic acids is 2. The van der Waals surface area contributed by atoms with E-state index in [1.54, 1.807) is 17.3 Å². The van der Waals surface area contributed by atoms with Gasteiger partial charge in [0.15, 0.2) is 0 Å². The Morgan fingerprint density at radius 2 is 1.43 bits per heavy atom. The highest BCUT2D eigenvalue weighted by Gasteiger charge is 2.43. The first-order chi connectivity index (χ1) is 14.2. The molecule has 30 heavy (non-hydrogen) atoms. The summed E-state index contributed by atoms with van der Waals surface area (Å²) in [5, 5.41) is 0. The Morgan fingerprint density at radius 1 is 0.833 bits per heavy atom. The van der Waals surface area contributed by atoms with Crippen LogP contribution in [-0.4, -0.2) is 70.9 Å². The van der Waals surface area contributed by atoms with E-state index in [-0.39, 0.29) is 29.6 Å². The number of carbonyl (C=O) groups is 2. The minimum absolute atomic E-state index is 0. The lowest BCUT2D eigenvalue weighted by molar-refractivity contribution is -0.154. The van der Waals surface area contributed by atoms with Gasteiger partial charge in [-0.15, -0.1) is 12.4 Å². The van der Waals surface area contributed by atoms with Gasteiger partial charge in [-0.25, -0.2) is 9.97 Å². The number of anilines is 1. The van der Waals surface area contributed by atoms with Gasteiger partial charge in [0.05, 0.1) is 0 Å². The molecule has 7 nitrogen and oxygen atoms in total. The molecule has 2 aliphatic heterocycles. The summed E-state index contributed by atoms with van der Waals surface area (Å²) in [5.41, 5.74) is -0.00887. The summed E-state index contributed by atoms with van der Waals surface area (Å²) >= 11 is 0. The van der Waals surface area contributed by atoms with Crippen molar-refractivity contribution < 1.29 is 9.59 Å². The number of halogens is 1. The largest absolute Gasteiger partial charge is 0.338 e. The van der Waals surface area contributed by atoms with E-state index in [2.05, 4.69) is 19.8 Å². The summed E-state index contributed by atoms with van der Waals surface area (Å²) in [5.74, 6) is 0.948. The maximum Gasteiger partial charge on any atom is 0.229 e. The fourth-order valence-corrected chi connectivity index (χ4v) is 5.17. The molecule has 0 atom stereocenters. The Labute approximate surface area is 185 Å². The number of unbranched alkanes of at least 4 members (excludes halogenated alkanes) is 1. The molecule has 0 radical (unpaired) electrons. The molecule has 0 unspecified atom stereocenters. The van der Waals surface area contributed by atoms with Crippen molar-refractivity contribution in [3.05, 3.63) is 18.5 Å². The van der Waals surface area contributed by atoms with Crippen LogP contribution in [0.3, 0.4) is 0 Å². The molecule has 0 aromatic carbocycles. The number of imide groups is 1. The Balaban J connectivity index is 0.00000256. The summed E-state index contributed by atoms with van der Waals surface area (Å²) in [6, 6.07) is 1.84. The molecule has 3 heterocycles. The fourth-order valence-electron chi connectivity index (χ4n) is 5.17. The van der Waals surface area contributed by atoms with Crippen molar-refractivity contribution in [2.45, 2.75) is 57.8 Å². The predicted molar refractivity (Wildman–Crippen MR) is 119 cm³/mol. The van der Waals surface area contributed by atoms with E-state index in [0.29, 0.717) is 19.4 Å². The minimum Gasteiger partial charge on any atom is -0.338 e. The lowest BCUT2D eigenvalue weighted by Gasteiger charge is -2.42. The number of hydrogen-bond acceptors (Lipinski definition) is 6. The van der Waals surface area contributed by atoms with E-state index >= 15 is 0 Å². The first-order valence-corrected chi connectivity index (χ1v) is 11.2. The molecular weight excluding hydrogens is 402 g/mol. The number of amides is 2. The smallest absolute Gasteiger partial charge is 0.229 e. The fraction of sp³-hybridized carbons (Fsp3) is 0.727. The molecule has 2 saturated heterocycles. The van der Waals surface area contributed by atoms with E-state index in [1.165, 1.54) is 19.3 Å². The third kappa shape index (κ3) is 5.49. The van der Waals surface area contributed by atoms with Gasteiger partial charge < -0.3 is 4.90 Å². The maximum atomic E-state index is 12.6. The number of likely N-dealkylation sites (tertiary alicyclic amines) is 1. The van der Waals surface area contributed by atoms with Gasteiger partial charge in [0.1, 0.15) is 0 Å². The maximum absolute atomic E-state index is 12.6. The number of hydrogen-bond donors (Lipinski definition) is 0. The Bertz CT molecular complexity index is 683. The third-order valence-corrected chi connectivity index (χ3v) is 6.88. The molecular formula is C22H34ClN5O2.